The predicted octanol–water partition coefficient (Wildman–Crippen LogP) is 5.59. The molecule has 1 fully saturated rings. The molecule has 0 amide bonds. The number of hydrogen-bond acceptors (Lipinski definition) is 4. The molecule has 3 nitrogen and oxygen atoms in total. The van der Waals surface area contributed by atoms with Crippen molar-refractivity contribution in [3.05, 3.63) is 130 Å². The van der Waals surface area contributed by atoms with Gasteiger partial charge in [-0.1, -0.05) is 91.0 Å². The van der Waals surface area contributed by atoms with Gasteiger partial charge in [-0.2, -0.15) is 0 Å². The lowest BCUT2D eigenvalue weighted by molar-refractivity contribution is 0.0872. The molecule has 0 aliphatic carbocycles. The molecule has 3 aromatic carbocycles. The molecule has 1 atom stereocenters. The predicted molar refractivity (Wildman–Crippen MR) is 131 cm³/mol. The molecule has 0 bridgehead atoms. The van der Waals surface area contributed by atoms with Gasteiger partial charge in [-0.05, 0) is 34.8 Å². The van der Waals surface area contributed by atoms with E-state index in [1.165, 1.54) is 16.7 Å². The minimum Gasteiger partial charge on any atom is -0.389 e. The lowest BCUT2D eigenvalue weighted by Crippen LogP contribution is -2.52. The zero-order chi connectivity index (χ0) is 21.8. The Morgan fingerprint density at radius 2 is 1.38 bits per heavy atom. The van der Waals surface area contributed by atoms with Gasteiger partial charge in [-0.25, -0.2) is 4.98 Å². The molecule has 1 aliphatic rings. The van der Waals surface area contributed by atoms with Crippen molar-refractivity contribution < 1.29 is 5.11 Å². The summed E-state index contributed by atoms with van der Waals surface area (Å²) in [5, 5.41) is 13.8. The van der Waals surface area contributed by atoms with Crippen LogP contribution in [-0.2, 0) is 5.54 Å². The third kappa shape index (κ3) is 3.82. The van der Waals surface area contributed by atoms with E-state index in [-0.39, 0.29) is 0 Å². The molecule has 4 heteroatoms. The second-order valence-electron chi connectivity index (χ2n) is 8.12. The summed E-state index contributed by atoms with van der Waals surface area (Å²) in [5.41, 5.74) is 4.22. The minimum atomic E-state index is -0.466. The topological polar surface area (TPSA) is 36.4 Å². The van der Waals surface area contributed by atoms with Gasteiger partial charge in [0.25, 0.3) is 0 Å². The maximum absolute atomic E-state index is 10.8. The summed E-state index contributed by atoms with van der Waals surface area (Å²) in [4.78, 5) is 6.93. The van der Waals surface area contributed by atoms with Gasteiger partial charge in [0.15, 0.2) is 0 Å². The largest absolute Gasteiger partial charge is 0.389 e. The average Bonchev–Trinajstić information content (AvgIpc) is 3.37. The number of aliphatic hydroxyl groups is 1. The van der Waals surface area contributed by atoms with Gasteiger partial charge >= 0.3 is 0 Å². The fourth-order valence-corrected chi connectivity index (χ4v) is 5.45. The van der Waals surface area contributed by atoms with Crippen molar-refractivity contribution in [3.8, 4) is 0 Å². The van der Waals surface area contributed by atoms with Crippen molar-refractivity contribution in [3.63, 3.8) is 0 Å². The van der Waals surface area contributed by atoms with Crippen LogP contribution in [0.4, 0.5) is 0 Å². The molecule has 0 saturated carbocycles. The molecule has 1 N–H and O–H groups in total. The summed E-state index contributed by atoms with van der Waals surface area (Å²) < 4.78 is 0. The number of thiazole rings is 1. The first-order chi connectivity index (χ1) is 15.8. The lowest BCUT2D eigenvalue weighted by Gasteiger charge is -2.48. The van der Waals surface area contributed by atoms with Crippen LogP contribution in [-0.4, -0.2) is 34.2 Å². The molecule has 0 radical (unpaired) electrons. The van der Waals surface area contributed by atoms with Crippen LogP contribution >= 0.6 is 11.3 Å². The molecular formula is C28H26N2OS. The zero-order valence-corrected chi connectivity index (χ0v) is 18.7. The maximum atomic E-state index is 10.8. The van der Waals surface area contributed by atoms with E-state index < -0.39 is 11.6 Å². The van der Waals surface area contributed by atoms with Gasteiger partial charge < -0.3 is 5.11 Å². The number of rotatable bonds is 5. The first kappa shape index (κ1) is 20.8. The maximum Gasteiger partial charge on any atom is 0.116 e. The van der Waals surface area contributed by atoms with Crippen molar-refractivity contribution >= 4 is 17.4 Å². The van der Waals surface area contributed by atoms with Crippen LogP contribution in [0.1, 0.15) is 28.1 Å². The molecule has 1 aliphatic heterocycles. The Labute approximate surface area is 193 Å². The summed E-state index contributed by atoms with van der Waals surface area (Å²) in [6.45, 7) is 1.45. The summed E-state index contributed by atoms with van der Waals surface area (Å²) >= 11 is 1.60. The monoisotopic (exact) mass is 438 g/mol. The summed E-state index contributed by atoms with van der Waals surface area (Å²) in [7, 11) is 0. The number of nitrogens with zero attached hydrogens (tertiary/aromatic N) is 2. The highest BCUT2D eigenvalue weighted by Gasteiger charge is 2.44. The van der Waals surface area contributed by atoms with Crippen LogP contribution < -0.4 is 0 Å². The first-order valence-electron chi connectivity index (χ1n) is 11.0. The van der Waals surface area contributed by atoms with Crippen LogP contribution in [0, 0.1) is 0 Å². The van der Waals surface area contributed by atoms with Crippen LogP contribution in [0.3, 0.4) is 0 Å². The van der Waals surface area contributed by atoms with Gasteiger partial charge in [0.05, 0.1) is 11.6 Å². The molecule has 32 heavy (non-hydrogen) atoms. The molecular weight excluding hydrogens is 412 g/mol. The van der Waals surface area contributed by atoms with E-state index in [4.69, 9.17) is 0 Å². The van der Waals surface area contributed by atoms with Gasteiger partial charge in [0.1, 0.15) is 5.01 Å². The second kappa shape index (κ2) is 9.21. The third-order valence-electron chi connectivity index (χ3n) is 6.28. The van der Waals surface area contributed by atoms with Gasteiger partial charge in [-0.15, -0.1) is 11.3 Å². The number of aliphatic hydroxyl groups excluding tert-OH is 1. The molecule has 4 aromatic rings. The van der Waals surface area contributed by atoms with Crippen molar-refractivity contribution in [1.82, 2.24) is 9.88 Å². The highest BCUT2D eigenvalue weighted by atomic mass is 32.1. The Balaban J connectivity index is 1.71. The fraction of sp³-hybridized carbons (Fsp3) is 0.179. The van der Waals surface area contributed by atoms with E-state index in [9.17, 15) is 5.11 Å². The normalized spacial score (nSPS) is 18.7. The number of hydrogen-bond donors (Lipinski definition) is 1. The van der Waals surface area contributed by atoms with Crippen LogP contribution in [0.2, 0.25) is 0 Å². The Kier molecular flexibility index (Phi) is 5.99. The van der Waals surface area contributed by atoms with Crippen molar-refractivity contribution in [2.45, 2.75) is 18.1 Å². The third-order valence-corrected chi connectivity index (χ3v) is 7.01. The lowest BCUT2D eigenvalue weighted by atomic mass is 9.74. The first-order valence-corrected chi connectivity index (χ1v) is 11.9. The highest BCUT2D eigenvalue weighted by Crippen LogP contribution is 2.44. The highest BCUT2D eigenvalue weighted by molar-refractivity contribution is 7.10. The van der Waals surface area contributed by atoms with E-state index in [0.29, 0.717) is 13.0 Å². The Morgan fingerprint density at radius 3 is 1.84 bits per heavy atom. The smallest absolute Gasteiger partial charge is 0.116 e. The molecule has 0 spiro atoms. The van der Waals surface area contributed by atoms with Crippen molar-refractivity contribution in [2.24, 2.45) is 0 Å². The zero-order valence-electron chi connectivity index (χ0n) is 17.8. The number of piperidine rings is 1. The second-order valence-corrected chi connectivity index (χ2v) is 9.05. The van der Waals surface area contributed by atoms with E-state index in [0.717, 1.165) is 17.1 Å². The van der Waals surface area contributed by atoms with Crippen LogP contribution in [0.5, 0.6) is 0 Å². The molecule has 1 saturated heterocycles. The van der Waals surface area contributed by atoms with Gasteiger partial charge in [0, 0.05) is 24.7 Å². The van der Waals surface area contributed by atoms with E-state index in [2.05, 4.69) is 107 Å². The molecule has 1 unspecified atom stereocenters. The van der Waals surface area contributed by atoms with E-state index >= 15 is 0 Å². The molecule has 1 aromatic heterocycles. The summed E-state index contributed by atoms with van der Waals surface area (Å²) in [6.07, 6.45) is 4.11. The Bertz CT molecular complexity index is 1060. The standard InChI is InChI=1S/C28H26N2OS/c31-26-16-18-30(21-22(26)20-27-29-17-19-32-27)28(23-10-4-1-5-11-23,24-12-6-2-7-13-24)25-14-8-3-9-15-25/h1-15,17,19-20,26,31H,16,18,21H2/b22-20-. The van der Waals surface area contributed by atoms with Gasteiger partial charge in [0.2, 0.25) is 0 Å². The minimum absolute atomic E-state index is 0.449. The van der Waals surface area contributed by atoms with Crippen molar-refractivity contribution in [2.75, 3.05) is 13.1 Å². The number of benzene rings is 3. The quantitative estimate of drug-likeness (QED) is 0.413. The molecule has 2 heterocycles. The molecule has 160 valence electrons. The van der Waals surface area contributed by atoms with E-state index in [1.807, 2.05) is 11.6 Å². The van der Waals surface area contributed by atoms with Crippen molar-refractivity contribution in [1.29, 1.82) is 0 Å². The fourth-order valence-electron chi connectivity index (χ4n) is 4.85. The number of aromatic nitrogens is 1. The Hall–Kier alpha value is -3.05. The average molecular weight is 439 g/mol. The van der Waals surface area contributed by atoms with Gasteiger partial charge in [-0.3, -0.25) is 4.90 Å². The summed E-state index contributed by atoms with van der Waals surface area (Å²) in [6, 6.07) is 32.2. The van der Waals surface area contributed by atoms with Crippen LogP contribution in [0.25, 0.3) is 6.08 Å². The Morgan fingerprint density at radius 1 is 0.844 bits per heavy atom. The van der Waals surface area contributed by atoms with Crippen LogP contribution in [0.15, 0.2) is 108 Å². The molecule has 5 rings (SSSR count). The number of likely N-dealkylation sites (tertiary alicyclic amines) is 1. The van der Waals surface area contributed by atoms with E-state index in [1.54, 1.807) is 11.3 Å². The summed E-state index contributed by atoms with van der Waals surface area (Å²) in [5.74, 6) is 0. The SMILES string of the molecule is OC1CCN(C(c2ccccc2)(c2ccccc2)c2ccccc2)C/C1=C/c1nccs1.